The number of hydrogen-bond acceptors (Lipinski definition) is 3. The summed E-state index contributed by atoms with van der Waals surface area (Å²) in [6.07, 6.45) is 9.10. The maximum absolute atomic E-state index is 8.41. The summed E-state index contributed by atoms with van der Waals surface area (Å²) in [7, 11) is 0. The first-order valence-corrected chi connectivity index (χ1v) is 5.98. The molecule has 2 rings (SSSR count). The van der Waals surface area contributed by atoms with Gasteiger partial charge in [-0.1, -0.05) is 5.16 Å². The van der Waals surface area contributed by atoms with E-state index in [9.17, 15) is 0 Å². The van der Waals surface area contributed by atoms with Crippen LogP contribution >= 0.6 is 0 Å². The van der Waals surface area contributed by atoms with Crippen LogP contribution in [0.2, 0.25) is 0 Å². The number of aromatic nitrogens is 2. The Morgan fingerprint density at radius 1 is 1.05 bits per heavy atom. The molecule has 0 saturated heterocycles. The molecule has 5 heteroatoms. The lowest BCUT2D eigenvalue weighted by Gasteiger charge is -1.98. The van der Waals surface area contributed by atoms with E-state index in [1.807, 2.05) is 58.2 Å². The molecule has 0 unspecified atom stereocenters. The average molecular weight is 259 g/mol. The smallest absolute Gasteiger partial charge is 0.257 e. The van der Waals surface area contributed by atoms with Gasteiger partial charge in [0.15, 0.2) is 24.8 Å². The van der Waals surface area contributed by atoms with Gasteiger partial charge in [0.05, 0.1) is 6.21 Å². The van der Waals surface area contributed by atoms with Crippen LogP contribution in [0.5, 0.6) is 0 Å². The van der Waals surface area contributed by atoms with Crippen molar-refractivity contribution in [1.29, 1.82) is 0 Å². The van der Waals surface area contributed by atoms with Gasteiger partial charge in [-0.15, -0.1) is 0 Å². The second-order valence-electron chi connectivity index (χ2n) is 4.24. The fourth-order valence-electron chi connectivity index (χ4n) is 1.58. The Labute approximate surface area is 112 Å². The lowest BCUT2D eigenvalue weighted by molar-refractivity contribution is -0.788. The predicted octanol–water partition coefficient (Wildman–Crippen LogP) is 1.01. The quantitative estimate of drug-likeness (QED) is 0.377. The van der Waals surface area contributed by atoms with Crippen LogP contribution in [0, 0.1) is 6.92 Å². The molecule has 0 amide bonds. The van der Waals surface area contributed by atoms with E-state index in [-0.39, 0.29) is 0 Å². The molecule has 2 aromatic rings. The highest BCUT2D eigenvalue weighted by molar-refractivity contribution is 5.78. The summed E-state index contributed by atoms with van der Waals surface area (Å²) in [4.78, 5) is 0. The van der Waals surface area contributed by atoms with Crippen molar-refractivity contribution in [2.24, 2.45) is 5.16 Å². The van der Waals surface area contributed by atoms with Crippen LogP contribution in [0.25, 0.3) is 0 Å². The Balaban J connectivity index is 1.83. The molecule has 0 aliphatic rings. The fraction of sp³-hybridized carbons (Fsp3) is 0.214. The van der Waals surface area contributed by atoms with Gasteiger partial charge in [-0.2, -0.15) is 9.13 Å². The molecule has 1 N–H and O–H groups in total. The second-order valence-corrected chi connectivity index (χ2v) is 4.24. The summed E-state index contributed by atoms with van der Waals surface area (Å²) >= 11 is 0. The van der Waals surface area contributed by atoms with Gasteiger partial charge in [0.1, 0.15) is 0 Å². The first-order chi connectivity index (χ1) is 9.28. The third-order valence-electron chi connectivity index (χ3n) is 2.66. The number of hydrogen-bond donors (Lipinski definition) is 1. The fourth-order valence-corrected chi connectivity index (χ4v) is 1.58. The standard InChI is InChI=1S/C14H16N3O2/c1-13-2-6-16(7-3-13)11-19-12-17-8-4-14(5-9-17)10-15-18/h2-10H,11-12H2,1H3/q+1/p+1. The van der Waals surface area contributed by atoms with Crippen LogP contribution in [0.1, 0.15) is 11.1 Å². The monoisotopic (exact) mass is 259 g/mol. The van der Waals surface area contributed by atoms with Gasteiger partial charge in [-0.3, -0.25) is 4.74 Å². The van der Waals surface area contributed by atoms with Gasteiger partial charge < -0.3 is 5.21 Å². The van der Waals surface area contributed by atoms with Crippen LogP contribution in [-0.2, 0) is 18.2 Å². The first-order valence-electron chi connectivity index (χ1n) is 5.98. The van der Waals surface area contributed by atoms with Gasteiger partial charge in [-0.05, 0) is 12.5 Å². The van der Waals surface area contributed by atoms with E-state index in [4.69, 9.17) is 9.94 Å². The topological polar surface area (TPSA) is 49.6 Å². The molecule has 0 aliphatic heterocycles. The van der Waals surface area contributed by atoms with Crippen molar-refractivity contribution in [3.8, 4) is 0 Å². The Hall–Kier alpha value is -2.27. The molecule has 19 heavy (non-hydrogen) atoms. The molecular weight excluding hydrogens is 242 g/mol. The lowest BCUT2D eigenvalue weighted by atomic mass is 10.3. The van der Waals surface area contributed by atoms with Crippen LogP contribution in [0.3, 0.4) is 0 Å². The number of nitrogens with zero attached hydrogens (tertiary/aromatic N) is 3. The first kappa shape index (κ1) is 13.2. The number of ether oxygens (including phenoxy) is 1. The van der Waals surface area contributed by atoms with Crippen molar-refractivity contribution in [2.75, 3.05) is 0 Å². The minimum atomic E-state index is 0.470. The average Bonchev–Trinajstić information content (AvgIpc) is 2.43. The highest BCUT2D eigenvalue weighted by Gasteiger charge is 2.03. The summed E-state index contributed by atoms with van der Waals surface area (Å²) < 4.78 is 9.47. The van der Waals surface area contributed by atoms with E-state index >= 15 is 0 Å². The largest absolute Gasteiger partial charge is 0.411 e. The van der Waals surface area contributed by atoms with Crippen LogP contribution in [-0.4, -0.2) is 11.4 Å². The maximum Gasteiger partial charge on any atom is 0.257 e. The highest BCUT2D eigenvalue weighted by Crippen LogP contribution is 1.91. The summed E-state index contributed by atoms with van der Waals surface area (Å²) in [5.74, 6) is 0. The maximum atomic E-state index is 8.41. The molecule has 0 fully saturated rings. The Bertz CT molecular complexity index is 536. The molecule has 0 spiro atoms. The van der Waals surface area contributed by atoms with Crippen LogP contribution in [0.15, 0.2) is 54.2 Å². The van der Waals surface area contributed by atoms with Gasteiger partial charge in [0, 0.05) is 29.8 Å². The summed E-state index contributed by atoms with van der Waals surface area (Å²) in [5, 5.41) is 11.4. The number of rotatable bonds is 5. The molecule has 0 saturated carbocycles. The van der Waals surface area contributed by atoms with Crippen LogP contribution in [0.4, 0.5) is 0 Å². The van der Waals surface area contributed by atoms with Crippen LogP contribution < -0.4 is 9.13 Å². The molecule has 98 valence electrons. The zero-order valence-corrected chi connectivity index (χ0v) is 10.8. The van der Waals surface area contributed by atoms with E-state index in [1.54, 1.807) is 0 Å². The SMILES string of the molecule is Cc1cc[n+](COC[n+]2ccc(/C=N/O)cc2)cc1. The van der Waals surface area contributed by atoms with Crippen molar-refractivity contribution in [3.63, 3.8) is 0 Å². The van der Waals surface area contributed by atoms with Crippen molar-refractivity contribution in [1.82, 2.24) is 0 Å². The van der Waals surface area contributed by atoms with Gasteiger partial charge in [0.25, 0.3) is 13.5 Å². The summed E-state index contributed by atoms with van der Waals surface area (Å²) in [6.45, 7) is 3.03. The Morgan fingerprint density at radius 3 is 2.11 bits per heavy atom. The number of aryl methyl sites for hydroxylation is 1. The third kappa shape index (κ3) is 4.15. The predicted molar refractivity (Wildman–Crippen MR) is 68.5 cm³/mol. The third-order valence-corrected chi connectivity index (χ3v) is 2.66. The minimum absolute atomic E-state index is 0.470. The molecule has 0 bridgehead atoms. The zero-order chi connectivity index (χ0) is 13.5. The molecule has 2 aromatic heterocycles. The molecule has 0 aliphatic carbocycles. The highest BCUT2D eigenvalue weighted by atomic mass is 16.5. The van der Waals surface area contributed by atoms with E-state index in [0.29, 0.717) is 13.5 Å². The Morgan fingerprint density at radius 2 is 1.58 bits per heavy atom. The molecular formula is C14H17N3O2+2. The number of oxime groups is 1. The van der Waals surface area contributed by atoms with Gasteiger partial charge >= 0.3 is 0 Å². The molecule has 5 nitrogen and oxygen atoms in total. The van der Waals surface area contributed by atoms with E-state index < -0.39 is 0 Å². The van der Waals surface area contributed by atoms with E-state index in [1.165, 1.54) is 11.8 Å². The zero-order valence-electron chi connectivity index (χ0n) is 10.8. The molecule has 0 radical (unpaired) electrons. The molecule has 0 atom stereocenters. The van der Waals surface area contributed by atoms with Crippen molar-refractivity contribution < 1.29 is 19.1 Å². The van der Waals surface area contributed by atoms with Gasteiger partial charge in [-0.25, -0.2) is 0 Å². The Kier molecular flexibility index (Phi) is 4.58. The second kappa shape index (κ2) is 6.61. The van der Waals surface area contributed by atoms with Gasteiger partial charge in [0.2, 0.25) is 0 Å². The van der Waals surface area contributed by atoms with E-state index in [2.05, 4.69) is 12.1 Å². The normalized spacial score (nSPS) is 11.0. The van der Waals surface area contributed by atoms with Crippen molar-refractivity contribution >= 4 is 6.21 Å². The molecule has 0 aromatic carbocycles. The van der Waals surface area contributed by atoms with E-state index in [0.717, 1.165) is 5.56 Å². The minimum Gasteiger partial charge on any atom is -0.411 e. The van der Waals surface area contributed by atoms with Crippen molar-refractivity contribution in [3.05, 3.63) is 60.2 Å². The number of pyridine rings is 2. The summed E-state index contributed by atoms with van der Waals surface area (Å²) in [5.41, 5.74) is 2.07. The summed E-state index contributed by atoms with van der Waals surface area (Å²) in [6, 6.07) is 7.78. The molecule has 2 heterocycles. The lowest BCUT2D eigenvalue weighted by Crippen LogP contribution is -2.40. The van der Waals surface area contributed by atoms with Crippen molar-refractivity contribution in [2.45, 2.75) is 20.4 Å².